The Balaban J connectivity index is 1.59. The van der Waals surface area contributed by atoms with E-state index in [4.69, 9.17) is 18.9 Å². The molecule has 0 radical (unpaired) electrons. The molecule has 10 heteroatoms. The van der Waals surface area contributed by atoms with Gasteiger partial charge in [0, 0.05) is 49.4 Å². The van der Waals surface area contributed by atoms with Crippen LogP contribution in [0.4, 0.5) is 11.4 Å². The number of fused-ring (bicyclic) bond motifs is 1. The number of ether oxygens (including phenoxy) is 4. The molecule has 1 amide bonds. The number of Topliss-reactive ketones (excluding diaryl/α,β-unsaturated/α-hetero) is 1. The number of morpholine rings is 1. The molecule has 0 aromatic heterocycles. The van der Waals surface area contributed by atoms with Crippen LogP contribution in [-0.4, -0.2) is 83.9 Å². The summed E-state index contributed by atoms with van der Waals surface area (Å²) in [6, 6.07) is 11.0. The molecule has 0 spiro atoms. The van der Waals surface area contributed by atoms with Crippen molar-refractivity contribution >= 4 is 23.1 Å². The van der Waals surface area contributed by atoms with Gasteiger partial charge in [0.25, 0.3) is 0 Å². The summed E-state index contributed by atoms with van der Waals surface area (Å²) in [5.74, 6) is 1.33. The maximum Gasteiger partial charge on any atom is 0.239 e. The van der Waals surface area contributed by atoms with Gasteiger partial charge in [-0.25, -0.2) is 0 Å². The number of methoxy groups -OCH3 is 3. The lowest BCUT2D eigenvalue weighted by atomic mass is 9.73. The Hall–Kier alpha value is -3.76. The molecule has 3 aliphatic rings. The van der Waals surface area contributed by atoms with Crippen LogP contribution in [0.1, 0.15) is 38.3 Å². The first-order valence-electron chi connectivity index (χ1n) is 14.5. The molecular weight excluding hydrogens is 536 g/mol. The first-order valence-corrected chi connectivity index (χ1v) is 14.5. The minimum absolute atomic E-state index is 0.0391. The smallest absolute Gasteiger partial charge is 0.239 e. The van der Waals surface area contributed by atoms with E-state index in [-0.39, 0.29) is 23.7 Å². The Kier molecular flexibility index (Phi) is 8.93. The predicted octanol–water partition coefficient (Wildman–Crippen LogP) is 3.78. The average molecular weight is 579 g/mol. The van der Waals surface area contributed by atoms with Gasteiger partial charge >= 0.3 is 0 Å². The van der Waals surface area contributed by atoms with Crippen molar-refractivity contribution in [1.29, 1.82) is 0 Å². The second-order valence-corrected chi connectivity index (χ2v) is 11.7. The van der Waals surface area contributed by atoms with E-state index in [0.717, 1.165) is 42.3 Å². The van der Waals surface area contributed by atoms with Crippen molar-refractivity contribution in [2.45, 2.75) is 32.7 Å². The van der Waals surface area contributed by atoms with Crippen molar-refractivity contribution in [2.24, 2.45) is 5.41 Å². The normalized spacial score (nSPS) is 20.2. The second-order valence-electron chi connectivity index (χ2n) is 11.7. The number of amides is 1. The molecule has 1 atom stereocenters. The lowest BCUT2D eigenvalue weighted by molar-refractivity contribution is -0.120. The van der Waals surface area contributed by atoms with Crippen molar-refractivity contribution in [3.63, 3.8) is 0 Å². The summed E-state index contributed by atoms with van der Waals surface area (Å²) >= 11 is 0. The molecule has 42 heavy (non-hydrogen) atoms. The van der Waals surface area contributed by atoms with Gasteiger partial charge in [-0.2, -0.15) is 0 Å². The fourth-order valence-electron chi connectivity index (χ4n) is 6.28. The second kappa shape index (κ2) is 12.6. The summed E-state index contributed by atoms with van der Waals surface area (Å²) in [6.07, 6.45) is 1.09. The van der Waals surface area contributed by atoms with Crippen LogP contribution in [0.25, 0.3) is 0 Å². The van der Waals surface area contributed by atoms with Crippen molar-refractivity contribution < 1.29 is 28.5 Å². The number of para-hydroxylation sites is 2. The number of carbonyl (C=O) groups excluding carboxylic acids is 2. The number of nitrogens with zero attached hydrogens (tertiary/aromatic N) is 2. The van der Waals surface area contributed by atoms with E-state index in [1.807, 2.05) is 41.3 Å². The van der Waals surface area contributed by atoms with Gasteiger partial charge in [0.1, 0.15) is 0 Å². The van der Waals surface area contributed by atoms with E-state index in [1.54, 1.807) is 21.3 Å². The number of nitrogens with one attached hydrogen (secondary N) is 2. The van der Waals surface area contributed by atoms with E-state index < -0.39 is 6.04 Å². The Morgan fingerprint density at radius 3 is 2.48 bits per heavy atom. The first kappa shape index (κ1) is 29.7. The van der Waals surface area contributed by atoms with E-state index in [0.29, 0.717) is 55.4 Å². The molecule has 2 N–H and O–H groups in total. The van der Waals surface area contributed by atoms with Gasteiger partial charge in [-0.3, -0.25) is 14.5 Å². The molecule has 1 aliphatic carbocycles. The average Bonchev–Trinajstić information content (AvgIpc) is 3.10. The number of carbonyl (C=O) groups is 2. The Morgan fingerprint density at radius 2 is 1.76 bits per heavy atom. The van der Waals surface area contributed by atoms with Gasteiger partial charge in [0.2, 0.25) is 11.7 Å². The summed E-state index contributed by atoms with van der Waals surface area (Å²) < 4.78 is 22.7. The van der Waals surface area contributed by atoms with Crippen molar-refractivity contribution in [3.8, 4) is 17.2 Å². The standard InChI is InChI=1S/C32H42N4O6/c1-32(2)18-23-28(25(37)19-32)29(21-10-11-26(39-3)31(41-5)30(21)40-4)36(24-9-7-6-8-22(24)34-23)20-27(38)33-12-13-35-14-16-42-17-15-35/h6-11,29,34H,12-20H2,1-5H3,(H,33,38). The van der Waals surface area contributed by atoms with Crippen LogP contribution >= 0.6 is 0 Å². The zero-order chi connectivity index (χ0) is 29.9. The maximum atomic E-state index is 14.0. The maximum absolute atomic E-state index is 14.0. The fraction of sp³-hybridized carbons (Fsp3) is 0.500. The molecular formula is C32H42N4O6. The number of hydrogen-bond donors (Lipinski definition) is 2. The third-order valence-electron chi connectivity index (χ3n) is 8.20. The zero-order valence-corrected chi connectivity index (χ0v) is 25.2. The minimum Gasteiger partial charge on any atom is -0.493 e. The van der Waals surface area contributed by atoms with Crippen LogP contribution in [0.15, 0.2) is 47.7 Å². The quantitative estimate of drug-likeness (QED) is 0.460. The summed E-state index contributed by atoms with van der Waals surface area (Å²) in [5.41, 5.74) is 3.67. The molecule has 1 fully saturated rings. The Morgan fingerprint density at radius 1 is 1.02 bits per heavy atom. The summed E-state index contributed by atoms with van der Waals surface area (Å²) in [4.78, 5) is 31.9. The third kappa shape index (κ3) is 6.05. The van der Waals surface area contributed by atoms with Crippen molar-refractivity contribution in [1.82, 2.24) is 10.2 Å². The van der Waals surface area contributed by atoms with E-state index in [2.05, 4.69) is 29.4 Å². The van der Waals surface area contributed by atoms with Gasteiger partial charge in [-0.05, 0) is 36.1 Å². The largest absolute Gasteiger partial charge is 0.493 e. The van der Waals surface area contributed by atoms with Crippen LogP contribution in [0.2, 0.25) is 0 Å². The number of ketones is 1. The number of benzene rings is 2. The van der Waals surface area contributed by atoms with Gasteiger partial charge in [-0.1, -0.05) is 26.0 Å². The fourth-order valence-corrected chi connectivity index (χ4v) is 6.28. The Bertz CT molecular complexity index is 1350. The summed E-state index contributed by atoms with van der Waals surface area (Å²) in [7, 11) is 4.71. The molecule has 2 aromatic carbocycles. The lowest BCUT2D eigenvalue weighted by Gasteiger charge is -2.38. The predicted molar refractivity (Wildman–Crippen MR) is 162 cm³/mol. The van der Waals surface area contributed by atoms with Gasteiger partial charge < -0.3 is 34.5 Å². The topological polar surface area (TPSA) is 102 Å². The molecule has 1 unspecified atom stereocenters. The minimum atomic E-state index is -0.612. The molecule has 10 nitrogen and oxygen atoms in total. The molecule has 2 aromatic rings. The van der Waals surface area contributed by atoms with E-state index in [1.165, 1.54) is 0 Å². The highest BCUT2D eigenvalue weighted by molar-refractivity contribution is 6.02. The number of anilines is 2. The highest BCUT2D eigenvalue weighted by Crippen LogP contribution is 2.52. The number of allylic oxidation sites excluding steroid dienone is 1. The molecule has 0 saturated carbocycles. The highest BCUT2D eigenvalue weighted by atomic mass is 16.5. The molecule has 1 saturated heterocycles. The summed E-state index contributed by atoms with van der Waals surface area (Å²) in [6.45, 7) is 8.68. The van der Waals surface area contributed by atoms with Crippen LogP contribution < -0.4 is 29.7 Å². The van der Waals surface area contributed by atoms with Crippen LogP contribution in [0, 0.1) is 5.41 Å². The molecule has 0 bridgehead atoms. The van der Waals surface area contributed by atoms with Crippen molar-refractivity contribution in [2.75, 3.05) is 77.5 Å². The van der Waals surface area contributed by atoms with Crippen LogP contribution in [0.3, 0.4) is 0 Å². The highest BCUT2D eigenvalue weighted by Gasteiger charge is 2.43. The van der Waals surface area contributed by atoms with E-state index in [9.17, 15) is 9.59 Å². The van der Waals surface area contributed by atoms with Gasteiger partial charge in [0.05, 0.1) is 58.5 Å². The molecule has 5 rings (SSSR count). The molecule has 226 valence electrons. The van der Waals surface area contributed by atoms with Gasteiger partial charge in [-0.15, -0.1) is 0 Å². The Labute approximate surface area is 247 Å². The zero-order valence-electron chi connectivity index (χ0n) is 25.2. The van der Waals surface area contributed by atoms with Crippen LogP contribution in [-0.2, 0) is 14.3 Å². The molecule has 2 aliphatic heterocycles. The number of rotatable bonds is 9. The first-order chi connectivity index (χ1) is 20.3. The van der Waals surface area contributed by atoms with Crippen LogP contribution in [0.5, 0.6) is 17.2 Å². The third-order valence-corrected chi connectivity index (χ3v) is 8.20. The van der Waals surface area contributed by atoms with Crippen molar-refractivity contribution in [3.05, 3.63) is 53.2 Å². The lowest BCUT2D eigenvalue weighted by Crippen LogP contribution is -2.45. The monoisotopic (exact) mass is 578 g/mol. The summed E-state index contributed by atoms with van der Waals surface area (Å²) in [5, 5.41) is 6.70. The number of hydrogen-bond acceptors (Lipinski definition) is 9. The SMILES string of the molecule is COc1ccc(C2C3=C(CC(C)(C)CC3=O)Nc3ccccc3N2CC(=O)NCCN2CCOCC2)c(OC)c1OC. The van der Waals surface area contributed by atoms with Gasteiger partial charge in [0.15, 0.2) is 17.3 Å². The molecule has 2 heterocycles. The van der Waals surface area contributed by atoms with E-state index >= 15 is 0 Å².